The molecule has 0 aliphatic carbocycles. The number of nitrogens with one attached hydrogen (secondary N) is 1. The summed E-state index contributed by atoms with van der Waals surface area (Å²) in [5.74, 6) is 0. The molecule has 0 aliphatic rings. The van der Waals surface area contributed by atoms with Crippen LogP contribution in [0, 0.1) is 11.3 Å². The van der Waals surface area contributed by atoms with Gasteiger partial charge in [-0.15, -0.1) is 0 Å². The van der Waals surface area contributed by atoms with Gasteiger partial charge in [-0.2, -0.15) is 5.26 Å². The standard InChI is InChI=1S/C19H16N2/c1-14(15-7-3-2-4-8-15)21-19-12-11-16(13-20)17-9-5-6-10-18(17)19/h2-12,14,21H,1H3. The summed E-state index contributed by atoms with van der Waals surface area (Å²) >= 11 is 0. The van der Waals surface area contributed by atoms with Gasteiger partial charge in [-0.3, -0.25) is 0 Å². The van der Waals surface area contributed by atoms with Crippen LogP contribution in [0.4, 0.5) is 5.69 Å². The van der Waals surface area contributed by atoms with Gasteiger partial charge in [-0.25, -0.2) is 0 Å². The van der Waals surface area contributed by atoms with Crippen LogP contribution in [-0.4, -0.2) is 0 Å². The quantitative estimate of drug-likeness (QED) is 0.737. The lowest BCUT2D eigenvalue weighted by atomic mass is 10.0. The van der Waals surface area contributed by atoms with E-state index in [9.17, 15) is 5.26 Å². The Hall–Kier alpha value is -2.79. The number of nitriles is 1. The largest absolute Gasteiger partial charge is 0.378 e. The summed E-state index contributed by atoms with van der Waals surface area (Å²) in [6.45, 7) is 2.14. The maximum absolute atomic E-state index is 9.22. The Bertz CT molecular complexity index is 801. The predicted molar refractivity (Wildman–Crippen MR) is 87.1 cm³/mol. The van der Waals surface area contributed by atoms with Crippen molar-refractivity contribution < 1.29 is 0 Å². The Morgan fingerprint density at radius 3 is 2.24 bits per heavy atom. The van der Waals surface area contributed by atoms with E-state index in [-0.39, 0.29) is 6.04 Å². The van der Waals surface area contributed by atoms with Gasteiger partial charge in [0.2, 0.25) is 0 Å². The van der Waals surface area contributed by atoms with E-state index in [1.165, 1.54) is 5.56 Å². The molecule has 1 N–H and O–H groups in total. The minimum atomic E-state index is 0.211. The van der Waals surface area contributed by atoms with Crippen molar-refractivity contribution in [2.45, 2.75) is 13.0 Å². The van der Waals surface area contributed by atoms with Gasteiger partial charge in [0.15, 0.2) is 0 Å². The molecule has 3 aromatic rings. The molecule has 0 aromatic heterocycles. The SMILES string of the molecule is CC(Nc1ccc(C#N)c2ccccc12)c1ccccc1. The van der Waals surface area contributed by atoms with Gasteiger partial charge in [-0.05, 0) is 24.6 Å². The number of rotatable bonds is 3. The number of hydrogen-bond acceptors (Lipinski definition) is 2. The van der Waals surface area contributed by atoms with Crippen molar-refractivity contribution in [3.8, 4) is 6.07 Å². The zero-order chi connectivity index (χ0) is 14.7. The first-order valence-corrected chi connectivity index (χ1v) is 7.03. The second kappa shape index (κ2) is 5.68. The highest BCUT2D eigenvalue weighted by atomic mass is 14.9. The van der Waals surface area contributed by atoms with Crippen molar-refractivity contribution in [1.29, 1.82) is 5.26 Å². The van der Waals surface area contributed by atoms with Gasteiger partial charge in [-0.1, -0.05) is 54.6 Å². The third-order valence-electron chi connectivity index (χ3n) is 3.72. The Morgan fingerprint density at radius 2 is 1.52 bits per heavy atom. The van der Waals surface area contributed by atoms with Crippen LogP contribution < -0.4 is 5.32 Å². The summed E-state index contributed by atoms with van der Waals surface area (Å²) in [5.41, 5.74) is 3.01. The molecule has 3 aromatic carbocycles. The number of fused-ring (bicyclic) bond motifs is 1. The maximum Gasteiger partial charge on any atom is 0.0998 e. The van der Waals surface area contributed by atoms with Gasteiger partial charge in [0.25, 0.3) is 0 Å². The molecule has 0 saturated heterocycles. The number of hydrogen-bond donors (Lipinski definition) is 1. The van der Waals surface area contributed by atoms with Gasteiger partial charge >= 0.3 is 0 Å². The number of benzene rings is 3. The first-order valence-electron chi connectivity index (χ1n) is 7.03. The molecule has 102 valence electrons. The summed E-state index contributed by atoms with van der Waals surface area (Å²) in [6, 6.07) is 24.7. The van der Waals surface area contributed by atoms with E-state index >= 15 is 0 Å². The molecular weight excluding hydrogens is 256 g/mol. The Labute approximate surface area is 124 Å². The van der Waals surface area contributed by atoms with E-state index < -0.39 is 0 Å². The highest BCUT2D eigenvalue weighted by Crippen LogP contribution is 2.29. The van der Waals surface area contributed by atoms with E-state index in [0.29, 0.717) is 5.56 Å². The highest BCUT2D eigenvalue weighted by molar-refractivity contribution is 5.97. The molecule has 2 nitrogen and oxygen atoms in total. The normalized spacial score (nSPS) is 11.8. The van der Waals surface area contributed by atoms with Crippen molar-refractivity contribution in [1.82, 2.24) is 0 Å². The highest BCUT2D eigenvalue weighted by Gasteiger charge is 2.09. The molecule has 21 heavy (non-hydrogen) atoms. The lowest BCUT2D eigenvalue weighted by Gasteiger charge is -2.17. The predicted octanol–water partition coefficient (Wildman–Crippen LogP) is 4.88. The minimum absolute atomic E-state index is 0.211. The molecular formula is C19H16N2. The smallest absolute Gasteiger partial charge is 0.0998 e. The monoisotopic (exact) mass is 272 g/mol. The summed E-state index contributed by atoms with van der Waals surface area (Å²) in [4.78, 5) is 0. The fourth-order valence-electron chi connectivity index (χ4n) is 2.58. The average Bonchev–Trinajstić information content (AvgIpc) is 2.56. The molecule has 0 aliphatic heterocycles. The van der Waals surface area contributed by atoms with E-state index in [1.54, 1.807) is 0 Å². The summed E-state index contributed by atoms with van der Waals surface area (Å²) in [5, 5.41) is 14.8. The van der Waals surface area contributed by atoms with Crippen LogP contribution in [0.3, 0.4) is 0 Å². The molecule has 0 heterocycles. The summed E-state index contributed by atoms with van der Waals surface area (Å²) in [6.07, 6.45) is 0. The second-order valence-electron chi connectivity index (χ2n) is 5.09. The van der Waals surface area contributed by atoms with Crippen LogP contribution in [0.2, 0.25) is 0 Å². The zero-order valence-electron chi connectivity index (χ0n) is 11.9. The number of nitrogens with zero attached hydrogens (tertiary/aromatic N) is 1. The third kappa shape index (κ3) is 2.59. The maximum atomic E-state index is 9.22. The zero-order valence-corrected chi connectivity index (χ0v) is 11.9. The van der Waals surface area contributed by atoms with Gasteiger partial charge in [0.05, 0.1) is 11.6 Å². The summed E-state index contributed by atoms with van der Waals surface area (Å²) < 4.78 is 0. The van der Waals surface area contributed by atoms with Gasteiger partial charge < -0.3 is 5.32 Å². The minimum Gasteiger partial charge on any atom is -0.378 e. The van der Waals surface area contributed by atoms with Crippen LogP contribution in [-0.2, 0) is 0 Å². The molecule has 0 spiro atoms. The Morgan fingerprint density at radius 1 is 0.857 bits per heavy atom. The van der Waals surface area contributed by atoms with Crippen molar-refractivity contribution in [3.05, 3.63) is 77.9 Å². The van der Waals surface area contributed by atoms with Crippen LogP contribution in [0.15, 0.2) is 66.7 Å². The topological polar surface area (TPSA) is 35.8 Å². The van der Waals surface area contributed by atoms with E-state index in [1.807, 2.05) is 48.5 Å². The molecule has 0 amide bonds. The molecule has 0 radical (unpaired) electrons. The van der Waals surface area contributed by atoms with Gasteiger partial charge in [0.1, 0.15) is 0 Å². The van der Waals surface area contributed by atoms with Crippen molar-refractivity contribution in [2.24, 2.45) is 0 Å². The van der Waals surface area contributed by atoms with Crippen molar-refractivity contribution in [2.75, 3.05) is 5.32 Å². The molecule has 1 unspecified atom stereocenters. The first kappa shape index (κ1) is 13.2. The van der Waals surface area contributed by atoms with Gasteiger partial charge in [0, 0.05) is 22.5 Å². The molecule has 2 heteroatoms. The molecule has 1 atom stereocenters. The van der Waals surface area contributed by atoms with Crippen molar-refractivity contribution >= 4 is 16.5 Å². The Kier molecular flexibility index (Phi) is 3.57. The van der Waals surface area contributed by atoms with E-state index in [2.05, 4.69) is 36.5 Å². The lowest BCUT2D eigenvalue weighted by Crippen LogP contribution is -2.06. The van der Waals surface area contributed by atoms with Crippen LogP contribution in [0.5, 0.6) is 0 Å². The lowest BCUT2D eigenvalue weighted by molar-refractivity contribution is 0.887. The van der Waals surface area contributed by atoms with Crippen LogP contribution in [0.1, 0.15) is 24.1 Å². The van der Waals surface area contributed by atoms with E-state index in [4.69, 9.17) is 0 Å². The number of anilines is 1. The van der Waals surface area contributed by atoms with Crippen LogP contribution in [0.25, 0.3) is 10.8 Å². The molecule has 0 saturated carbocycles. The molecule has 3 rings (SSSR count). The third-order valence-corrected chi connectivity index (χ3v) is 3.72. The van der Waals surface area contributed by atoms with Crippen molar-refractivity contribution in [3.63, 3.8) is 0 Å². The molecule has 0 bridgehead atoms. The van der Waals surface area contributed by atoms with Crippen LogP contribution >= 0.6 is 0 Å². The first-order chi connectivity index (χ1) is 10.3. The van der Waals surface area contributed by atoms with E-state index in [0.717, 1.165) is 16.5 Å². The second-order valence-corrected chi connectivity index (χ2v) is 5.09. The fraction of sp³-hybridized carbons (Fsp3) is 0.105. The summed E-state index contributed by atoms with van der Waals surface area (Å²) in [7, 11) is 0. The fourth-order valence-corrected chi connectivity index (χ4v) is 2.58. The average molecular weight is 272 g/mol. The Balaban J connectivity index is 2.01. The molecule has 0 fully saturated rings.